The fourth-order valence-electron chi connectivity index (χ4n) is 7.38. The molecule has 2 heterocycles. The molecule has 0 saturated carbocycles. The van der Waals surface area contributed by atoms with Crippen LogP contribution in [0.1, 0.15) is 0 Å². The molecular formula is C42H25N3. The Labute approximate surface area is 259 Å². The van der Waals surface area contributed by atoms with E-state index in [9.17, 15) is 0 Å². The molecule has 0 aliphatic heterocycles. The van der Waals surface area contributed by atoms with E-state index in [0.717, 1.165) is 39.2 Å². The van der Waals surface area contributed by atoms with Gasteiger partial charge in [-0.1, -0.05) is 121 Å². The first-order valence-electron chi connectivity index (χ1n) is 15.4. The summed E-state index contributed by atoms with van der Waals surface area (Å²) in [5, 5.41) is 6.14. The third-order valence-corrected chi connectivity index (χ3v) is 9.32. The molecule has 7 aromatic carbocycles. The van der Waals surface area contributed by atoms with Gasteiger partial charge in [-0.15, -0.1) is 0 Å². The predicted octanol–water partition coefficient (Wildman–Crippen LogP) is 10.9. The maximum Gasteiger partial charge on any atom is 0.160 e. The van der Waals surface area contributed by atoms with Crippen LogP contribution in [-0.4, -0.2) is 14.5 Å². The van der Waals surface area contributed by atoms with Gasteiger partial charge in [0.05, 0.1) is 22.2 Å². The van der Waals surface area contributed by atoms with E-state index in [-0.39, 0.29) is 0 Å². The number of aromatic nitrogens is 3. The summed E-state index contributed by atoms with van der Waals surface area (Å²) >= 11 is 0. The highest BCUT2D eigenvalue weighted by atomic mass is 15.0. The van der Waals surface area contributed by atoms with Crippen LogP contribution in [0, 0.1) is 0 Å². The van der Waals surface area contributed by atoms with Crippen LogP contribution in [-0.2, 0) is 0 Å². The van der Waals surface area contributed by atoms with Gasteiger partial charge in [-0.05, 0) is 58.0 Å². The zero-order valence-corrected chi connectivity index (χ0v) is 24.3. The Morgan fingerprint density at radius 2 is 1.09 bits per heavy atom. The van der Waals surface area contributed by atoms with Gasteiger partial charge in [0.15, 0.2) is 5.82 Å². The highest BCUT2D eigenvalue weighted by molar-refractivity contribution is 6.27. The van der Waals surface area contributed by atoms with Crippen LogP contribution in [0.5, 0.6) is 0 Å². The highest BCUT2D eigenvalue weighted by Crippen LogP contribution is 2.51. The van der Waals surface area contributed by atoms with Gasteiger partial charge in [-0.25, -0.2) is 9.97 Å². The van der Waals surface area contributed by atoms with E-state index in [2.05, 4.69) is 132 Å². The molecule has 0 N–H and O–H groups in total. The lowest BCUT2D eigenvalue weighted by Gasteiger charge is -2.14. The predicted molar refractivity (Wildman–Crippen MR) is 187 cm³/mol. The van der Waals surface area contributed by atoms with Crippen molar-refractivity contribution in [3.63, 3.8) is 0 Å². The van der Waals surface area contributed by atoms with Crippen molar-refractivity contribution in [2.24, 2.45) is 0 Å². The van der Waals surface area contributed by atoms with Crippen LogP contribution in [0.4, 0.5) is 0 Å². The Kier molecular flexibility index (Phi) is 5.00. The van der Waals surface area contributed by atoms with Gasteiger partial charge < -0.3 is 4.57 Å². The van der Waals surface area contributed by atoms with Crippen molar-refractivity contribution in [2.45, 2.75) is 0 Å². The monoisotopic (exact) mass is 571 g/mol. The van der Waals surface area contributed by atoms with Gasteiger partial charge in [-0.3, -0.25) is 0 Å². The van der Waals surface area contributed by atoms with E-state index in [1.165, 1.54) is 54.8 Å². The lowest BCUT2D eigenvalue weighted by Crippen LogP contribution is -1.98. The summed E-state index contributed by atoms with van der Waals surface area (Å²) in [5.41, 5.74) is 12.7. The van der Waals surface area contributed by atoms with Crippen LogP contribution in [0.15, 0.2) is 152 Å². The molecule has 45 heavy (non-hydrogen) atoms. The lowest BCUT2D eigenvalue weighted by atomic mass is 9.99. The summed E-state index contributed by atoms with van der Waals surface area (Å²) in [7, 11) is 0. The van der Waals surface area contributed by atoms with Crippen molar-refractivity contribution in [1.29, 1.82) is 0 Å². The second-order valence-electron chi connectivity index (χ2n) is 11.8. The van der Waals surface area contributed by atoms with Gasteiger partial charge in [0.25, 0.3) is 0 Å². The zero-order valence-electron chi connectivity index (χ0n) is 24.3. The van der Waals surface area contributed by atoms with Crippen molar-refractivity contribution in [3.8, 4) is 50.6 Å². The molecule has 0 unspecified atom stereocenters. The van der Waals surface area contributed by atoms with E-state index in [4.69, 9.17) is 9.97 Å². The number of rotatable bonds is 3. The Bertz CT molecular complexity index is 2630. The molecule has 0 bridgehead atoms. The van der Waals surface area contributed by atoms with Crippen LogP contribution < -0.4 is 0 Å². The second kappa shape index (κ2) is 9.22. The van der Waals surface area contributed by atoms with Crippen LogP contribution >= 0.6 is 0 Å². The first-order valence-corrected chi connectivity index (χ1v) is 15.4. The molecule has 9 aromatic rings. The van der Waals surface area contributed by atoms with Gasteiger partial charge >= 0.3 is 0 Å². The average Bonchev–Trinajstić information content (AvgIpc) is 3.62. The van der Waals surface area contributed by atoms with E-state index in [0.29, 0.717) is 0 Å². The Morgan fingerprint density at radius 1 is 0.422 bits per heavy atom. The Morgan fingerprint density at radius 3 is 1.91 bits per heavy atom. The van der Waals surface area contributed by atoms with Crippen LogP contribution in [0.3, 0.4) is 0 Å². The van der Waals surface area contributed by atoms with Gasteiger partial charge in [0, 0.05) is 38.4 Å². The summed E-state index contributed by atoms with van der Waals surface area (Å²) < 4.78 is 2.44. The normalized spacial score (nSPS) is 12.0. The standard InChI is InChI=1S/C42H25N3/c1-3-12-26(13-4-1)40-36-24-28(22-23-37(36)43-42(44-40)27-14-5-2-6-15-27)45-38-21-10-9-18-31(38)35-25-34-30-17-8-7-16-29(30)32-19-11-20-33(39(32)34)41(35)45/h1-25H. The molecule has 208 valence electrons. The van der Waals surface area contributed by atoms with Gasteiger partial charge in [0.2, 0.25) is 0 Å². The Balaban J connectivity index is 1.31. The van der Waals surface area contributed by atoms with Crippen LogP contribution in [0.2, 0.25) is 0 Å². The smallest absolute Gasteiger partial charge is 0.160 e. The molecule has 2 aromatic heterocycles. The van der Waals surface area contributed by atoms with E-state index in [1.54, 1.807) is 0 Å². The van der Waals surface area contributed by atoms with Gasteiger partial charge in [0.1, 0.15) is 0 Å². The maximum atomic E-state index is 5.17. The highest BCUT2D eigenvalue weighted by Gasteiger charge is 2.25. The van der Waals surface area contributed by atoms with Crippen molar-refractivity contribution in [3.05, 3.63) is 152 Å². The molecule has 10 rings (SSSR count). The SMILES string of the molecule is c1ccc(-c2nc(-c3ccccc3)c3cc(-n4c5ccccc5c5cc6c7c(cccc7c54)-c4ccccc4-6)ccc3n2)cc1. The molecule has 0 amide bonds. The van der Waals surface area contributed by atoms with Gasteiger partial charge in [-0.2, -0.15) is 0 Å². The quantitative estimate of drug-likeness (QED) is 0.211. The van der Waals surface area contributed by atoms with E-state index >= 15 is 0 Å². The second-order valence-corrected chi connectivity index (χ2v) is 11.8. The first kappa shape index (κ1) is 24.4. The number of hydrogen-bond donors (Lipinski definition) is 0. The number of nitrogens with zero attached hydrogens (tertiary/aromatic N) is 3. The molecule has 0 saturated heterocycles. The van der Waals surface area contributed by atoms with Crippen molar-refractivity contribution >= 4 is 43.5 Å². The molecule has 3 nitrogen and oxygen atoms in total. The summed E-state index contributed by atoms with van der Waals surface area (Å²) in [6.45, 7) is 0. The minimum Gasteiger partial charge on any atom is -0.309 e. The fourth-order valence-corrected chi connectivity index (χ4v) is 7.38. The summed E-state index contributed by atoms with van der Waals surface area (Å²) in [6.07, 6.45) is 0. The molecule has 0 radical (unpaired) electrons. The zero-order chi connectivity index (χ0) is 29.5. The topological polar surface area (TPSA) is 30.7 Å². The maximum absolute atomic E-state index is 5.17. The summed E-state index contributed by atoms with van der Waals surface area (Å²) in [4.78, 5) is 10.2. The van der Waals surface area contributed by atoms with E-state index < -0.39 is 0 Å². The fraction of sp³-hybridized carbons (Fsp3) is 0. The summed E-state index contributed by atoms with van der Waals surface area (Å²) in [5.74, 6) is 0.732. The molecule has 0 atom stereocenters. The van der Waals surface area contributed by atoms with Crippen LogP contribution in [0.25, 0.3) is 94.1 Å². The molecular weight excluding hydrogens is 546 g/mol. The molecule has 0 spiro atoms. The number of benzene rings is 7. The number of fused-ring (bicyclic) bond motifs is 8. The van der Waals surface area contributed by atoms with Crippen molar-refractivity contribution < 1.29 is 0 Å². The average molecular weight is 572 g/mol. The third kappa shape index (κ3) is 3.46. The number of para-hydroxylation sites is 1. The molecule has 1 aliphatic carbocycles. The third-order valence-electron chi connectivity index (χ3n) is 9.32. The first-order chi connectivity index (χ1) is 22.3. The van der Waals surface area contributed by atoms with Crippen molar-refractivity contribution in [2.75, 3.05) is 0 Å². The Hall–Kier alpha value is -6.06. The van der Waals surface area contributed by atoms with Crippen molar-refractivity contribution in [1.82, 2.24) is 14.5 Å². The van der Waals surface area contributed by atoms with E-state index in [1.807, 2.05) is 24.3 Å². The molecule has 0 fully saturated rings. The minimum atomic E-state index is 0.732. The molecule has 3 heteroatoms. The lowest BCUT2D eigenvalue weighted by molar-refractivity contribution is 1.18. The number of hydrogen-bond acceptors (Lipinski definition) is 2. The largest absolute Gasteiger partial charge is 0.309 e. The molecule has 1 aliphatic rings. The summed E-state index contributed by atoms with van der Waals surface area (Å²) in [6, 6.07) is 54.1. The minimum absolute atomic E-state index is 0.732.